The monoisotopic (exact) mass is 287 g/mol. The predicted octanol–water partition coefficient (Wildman–Crippen LogP) is 1.81. The van der Waals surface area contributed by atoms with Gasteiger partial charge in [0.15, 0.2) is 0 Å². The summed E-state index contributed by atoms with van der Waals surface area (Å²) in [7, 11) is 0. The number of hydrogen-bond donors (Lipinski definition) is 2. The second-order valence-electron chi connectivity index (χ2n) is 4.99. The van der Waals surface area contributed by atoms with Crippen LogP contribution in [-0.2, 0) is 17.8 Å². The fourth-order valence-corrected chi connectivity index (χ4v) is 2.11. The number of anilines is 1. The van der Waals surface area contributed by atoms with Crippen LogP contribution >= 0.6 is 0 Å². The van der Waals surface area contributed by atoms with Crippen molar-refractivity contribution in [3.05, 3.63) is 41.2 Å². The number of rotatable bonds is 5. The Kier molecular flexibility index (Phi) is 4.70. The average molecular weight is 287 g/mol. The highest BCUT2D eigenvalue weighted by molar-refractivity contribution is 5.93. The lowest BCUT2D eigenvalue weighted by Gasteiger charge is -2.14. The lowest BCUT2D eigenvalue weighted by atomic mass is 10.1. The quantitative estimate of drug-likeness (QED) is 0.878. The first kappa shape index (κ1) is 15.2. The molecule has 1 aromatic carbocycles. The van der Waals surface area contributed by atoms with Crippen LogP contribution in [0.25, 0.3) is 0 Å². The highest BCUT2D eigenvalue weighted by atomic mass is 16.2. The lowest BCUT2D eigenvalue weighted by Crippen LogP contribution is -2.25. The first-order valence-electron chi connectivity index (χ1n) is 7.07. The minimum atomic E-state index is -0.441. The number of hydrogen-bond acceptors (Lipinski definition) is 4. The maximum atomic E-state index is 12.3. The smallest absolute Gasteiger partial charge is 0.249 e. The molecule has 0 spiro atoms. The second kappa shape index (κ2) is 6.49. The number of carbonyl (C=O) groups excluding carboxylic acids is 1. The van der Waals surface area contributed by atoms with E-state index in [1.165, 1.54) is 5.56 Å². The first-order valence-corrected chi connectivity index (χ1v) is 7.07. The van der Waals surface area contributed by atoms with Crippen molar-refractivity contribution in [2.24, 2.45) is 5.73 Å². The zero-order valence-corrected chi connectivity index (χ0v) is 12.6. The largest absolute Gasteiger partial charge is 0.325 e. The number of nitrogens with one attached hydrogen (secondary N) is 1. The van der Waals surface area contributed by atoms with Gasteiger partial charge in [-0.2, -0.15) is 0 Å². The van der Waals surface area contributed by atoms with Crippen LogP contribution < -0.4 is 11.1 Å². The molecule has 0 saturated carbocycles. The van der Waals surface area contributed by atoms with Crippen molar-refractivity contribution in [3.8, 4) is 0 Å². The maximum Gasteiger partial charge on any atom is 0.249 e. The molecule has 2 aromatic rings. The topological polar surface area (TPSA) is 85.8 Å². The summed E-state index contributed by atoms with van der Waals surface area (Å²) in [5.74, 6) is -0.129. The zero-order chi connectivity index (χ0) is 15.4. The summed E-state index contributed by atoms with van der Waals surface area (Å²) in [5.41, 5.74) is 9.12. The van der Waals surface area contributed by atoms with E-state index in [0.29, 0.717) is 12.2 Å². The van der Waals surface area contributed by atoms with Gasteiger partial charge < -0.3 is 11.1 Å². The number of aromatic nitrogens is 3. The number of benzene rings is 1. The molecule has 0 saturated heterocycles. The summed E-state index contributed by atoms with van der Waals surface area (Å²) in [4.78, 5) is 12.3. The number of nitrogens with two attached hydrogens (primary N) is 1. The molecule has 6 heteroatoms. The van der Waals surface area contributed by atoms with Crippen LogP contribution in [0.3, 0.4) is 0 Å². The van der Waals surface area contributed by atoms with Crippen LogP contribution in [0.15, 0.2) is 24.3 Å². The van der Waals surface area contributed by atoms with Gasteiger partial charge in [-0.05, 0) is 38.0 Å². The van der Waals surface area contributed by atoms with Crippen LogP contribution in [0, 0.1) is 6.92 Å². The van der Waals surface area contributed by atoms with Gasteiger partial charge in [0.05, 0.1) is 11.4 Å². The molecule has 0 radical (unpaired) electrons. The molecule has 0 aliphatic heterocycles. The minimum Gasteiger partial charge on any atom is -0.325 e. The Labute approximate surface area is 124 Å². The van der Waals surface area contributed by atoms with Gasteiger partial charge >= 0.3 is 0 Å². The molecule has 0 aliphatic rings. The standard InChI is InChI=1S/C15H21N5O/c1-4-12-5-7-13(8-6-12)17-15(21)11(3)20-10(2)14(9-16)18-19-20/h5-8,11H,4,9,16H2,1-3H3,(H,17,21). The van der Waals surface area contributed by atoms with Crippen molar-refractivity contribution in [2.75, 3.05) is 5.32 Å². The number of carbonyl (C=O) groups is 1. The Hall–Kier alpha value is -2.21. The van der Waals surface area contributed by atoms with Crippen molar-refractivity contribution in [2.45, 2.75) is 39.8 Å². The number of amides is 1. The van der Waals surface area contributed by atoms with E-state index < -0.39 is 6.04 Å². The molecule has 21 heavy (non-hydrogen) atoms. The van der Waals surface area contributed by atoms with E-state index >= 15 is 0 Å². The predicted molar refractivity (Wildman–Crippen MR) is 81.8 cm³/mol. The molecule has 2 rings (SSSR count). The van der Waals surface area contributed by atoms with E-state index in [2.05, 4.69) is 22.6 Å². The van der Waals surface area contributed by atoms with Gasteiger partial charge in [0.1, 0.15) is 6.04 Å². The lowest BCUT2D eigenvalue weighted by molar-refractivity contribution is -0.119. The maximum absolute atomic E-state index is 12.3. The third kappa shape index (κ3) is 3.28. The third-order valence-electron chi connectivity index (χ3n) is 3.59. The summed E-state index contributed by atoms with van der Waals surface area (Å²) in [6.45, 7) is 6.07. The van der Waals surface area contributed by atoms with Crippen molar-refractivity contribution in [1.29, 1.82) is 0 Å². The summed E-state index contributed by atoms with van der Waals surface area (Å²) >= 11 is 0. The van der Waals surface area contributed by atoms with Crippen molar-refractivity contribution < 1.29 is 4.79 Å². The molecule has 0 fully saturated rings. The normalized spacial score (nSPS) is 12.2. The van der Waals surface area contributed by atoms with E-state index in [9.17, 15) is 4.79 Å². The Bertz CT molecular complexity index is 617. The van der Waals surface area contributed by atoms with E-state index in [1.54, 1.807) is 11.6 Å². The molecule has 1 unspecified atom stereocenters. The van der Waals surface area contributed by atoms with Crippen molar-refractivity contribution in [1.82, 2.24) is 15.0 Å². The van der Waals surface area contributed by atoms with E-state index in [-0.39, 0.29) is 5.91 Å². The molecule has 0 aliphatic carbocycles. The Morgan fingerprint density at radius 3 is 2.57 bits per heavy atom. The highest BCUT2D eigenvalue weighted by Gasteiger charge is 2.19. The zero-order valence-electron chi connectivity index (χ0n) is 12.6. The SMILES string of the molecule is CCc1ccc(NC(=O)C(C)n2nnc(CN)c2C)cc1. The summed E-state index contributed by atoms with van der Waals surface area (Å²) < 4.78 is 1.60. The van der Waals surface area contributed by atoms with Gasteiger partial charge in [0.25, 0.3) is 0 Å². The summed E-state index contributed by atoms with van der Waals surface area (Å²) in [6.07, 6.45) is 0.977. The second-order valence-corrected chi connectivity index (χ2v) is 4.99. The Morgan fingerprint density at radius 2 is 2.05 bits per heavy atom. The highest BCUT2D eigenvalue weighted by Crippen LogP contribution is 2.15. The molecule has 0 bridgehead atoms. The van der Waals surface area contributed by atoms with E-state index in [0.717, 1.165) is 17.8 Å². The molecule has 1 aromatic heterocycles. The fraction of sp³-hybridized carbons (Fsp3) is 0.400. The van der Waals surface area contributed by atoms with Gasteiger partial charge in [-0.25, -0.2) is 4.68 Å². The molecule has 1 amide bonds. The van der Waals surface area contributed by atoms with E-state index in [4.69, 9.17) is 5.73 Å². The van der Waals surface area contributed by atoms with Gasteiger partial charge in [-0.1, -0.05) is 24.3 Å². The molecule has 6 nitrogen and oxygen atoms in total. The number of aryl methyl sites for hydroxylation is 1. The van der Waals surface area contributed by atoms with Crippen LogP contribution in [0.2, 0.25) is 0 Å². The average Bonchev–Trinajstić information content (AvgIpc) is 2.88. The van der Waals surface area contributed by atoms with Crippen LogP contribution in [0.1, 0.15) is 36.8 Å². The van der Waals surface area contributed by atoms with Crippen molar-refractivity contribution in [3.63, 3.8) is 0 Å². The molecular weight excluding hydrogens is 266 g/mol. The molecule has 1 heterocycles. The molecule has 3 N–H and O–H groups in total. The molecule has 1 atom stereocenters. The fourth-order valence-electron chi connectivity index (χ4n) is 2.11. The van der Waals surface area contributed by atoms with Crippen molar-refractivity contribution >= 4 is 11.6 Å². The van der Waals surface area contributed by atoms with Gasteiger partial charge in [0.2, 0.25) is 5.91 Å². The molecule has 112 valence electrons. The van der Waals surface area contributed by atoms with Gasteiger partial charge in [-0.15, -0.1) is 5.10 Å². The van der Waals surface area contributed by atoms with Gasteiger partial charge in [0, 0.05) is 12.2 Å². The van der Waals surface area contributed by atoms with Gasteiger partial charge in [-0.3, -0.25) is 4.79 Å². The van der Waals surface area contributed by atoms with Crippen LogP contribution in [0.5, 0.6) is 0 Å². The molecular formula is C15H21N5O. The van der Waals surface area contributed by atoms with E-state index in [1.807, 2.05) is 31.2 Å². The third-order valence-corrected chi connectivity index (χ3v) is 3.59. The van der Waals surface area contributed by atoms with Crippen LogP contribution in [-0.4, -0.2) is 20.9 Å². The Balaban J connectivity index is 2.09. The Morgan fingerprint density at radius 1 is 1.38 bits per heavy atom. The minimum absolute atomic E-state index is 0.129. The summed E-state index contributed by atoms with van der Waals surface area (Å²) in [5, 5.41) is 10.9. The summed E-state index contributed by atoms with van der Waals surface area (Å²) in [6, 6.07) is 7.39. The van der Waals surface area contributed by atoms with Crippen LogP contribution in [0.4, 0.5) is 5.69 Å². The first-order chi connectivity index (χ1) is 10.1. The number of nitrogens with zero attached hydrogens (tertiary/aromatic N) is 3.